The molecular weight excluding hydrogens is 135 g/mol. The average molecular weight is 150 g/mol. The molecule has 2 nitrogen and oxygen atoms in total. The molecule has 0 heterocycles. The maximum absolute atomic E-state index is 9.02. The van der Waals surface area contributed by atoms with Gasteiger partial charge in [0.25, 0.3) is 0 Å². The fourth-order valence-electron chi connectivity index (χ4n) is 0.507. The van der Waals surface area contributed by atoms with Crippen LogP contribution in [0.25, 0.3) is 0 Å². The Morgan fingerprint density at radius 1 is 1.44 bits per heavy atom. The van der Waals surface area contributed by atoms with E-state index < -0.39 is 8.38 Å². The van der Waals surface area contributed by atoms with Crippen LogP contribution >= 0.6 is 8.38 Å². The first kappa shape index (κ1) is 9.35. The minimum absolute atomic E-state index is 0.631. The highest BCUT2D eigenvalue weighted by molar-refractivity contribution is 7.46. The first-order valence-corrected chi connectivity index (χ1v) is 4.80. The molecule has 3 heteroatoms. The van der Waals surface area contributed by atoms with Crippen molar-refractivity contribution in [3.63, 3.8) is 0 Å². The molecule has 1 unspecified atom stereocenters. The van der Waals surface area contributed by atoms with Gasteiger partial charge < -0.3 is 9.42 Å². The molecule has 56 valence electrons. The lowest BCUT2D eigenvalue weighted by Gasteiger charge is -2.06. The third-order valence-electron chi connectivity index (χ3n) is 0.981. The summed E-state index contributed by atoms with van der Waals surface area (Å²) in [6, 6.07) is 0. The van der Waals surface area contributed by atoms with Crippen molar-refractivity contribution in [1.82, 2.24) is 0 Å². The molecule has 9 heavy (non-hydrogen) atoms. The van der Waals surface area contributed by atoms with Gasteiger partial charge in [-0.1, -0.05) is 13.3 Å². The molecule has 0 aromatic carbocycles. The van der Waals surface area contributed by atoms with Crippen LogP contribution in [-0.2, 0) is 4.52 Å². The molecule has 0 aliphatic heterocycles. The average Bonchev–Trinajstić information content (AvgIpc) is 1.85. The second-order valence-corrected chi connectivity index (χ2v) is 3.26. The highest BCUT2D eigenvalue weighted by atomic mass is 31.2. The van der Waals surface area contributed by atoms with E-state index in [1.165, 1.54) is 0 Å². The molecular formula is C6H15O2P. The number of hydrogen-bond acceptors (Lipinski definition) is 2. The van der Waals surface area contributed by atoms with Crippen LogP contribution in [0.15, 0.2) is 0 Å². The van der Waals surface area contributed by atoms with Crippen LogP contribution in [0, 0.1) is 0 Å². The van der Waals surface area contributed by atoms with Crippen LogP contribution in [0.2, 0.25) is 0 Å². The summed E-state index contributed by atoms with van der Waals surface area (Å²) in [6.45, 7) is 4.64. The summed E-state index contributed by atoms with van der Waals surface area (Å²) < 4.78 is 4.96. The number of rotatable bonds is 5. The fraction of sp³-hybridized carbons (Fsp3) is 1.00. The molecule has 0 rings (SSSR count). The lowest BCUT2D eigenvalue weighted by molar-refractivity contribution is 0.329. The molecule has 0 aromatic heterocycles. The SMILES string of the molecule is CCCCP(O)OCC. The summed E-state index contributed by atoms with van der Waals surface area (Å²) in [6.07, 6.45) is 3.04. The largest absolute Gasteiger partial charge is 0.350 e. The van der Waals surface area contributed by atoms with Crippen LogP contribution < -0.4 is 0 Å². The molecule has 0 aromatic rings. The molecule has 1 N–H and O–H groups in total. The van der Waals surface area contributed by atoms with E-state index in [9.17, 15) is 0 Å². The summed E-state index contributed by atoms with van der Waals surface area (Å²) >= 11 is 0. The molecule has 0 aliphatic carbocycles. The van der Waals surface area contributed by atoms with Crippen molar-refractivity contribution in [2.24, 2.45) is 0 Å². The van der Waals surface area contributed by atoms with Crippen molar-refractivity contribution in [1.29, 1.82) is 0 Å². The lowest BCUT2D eigenvalue weighted by Crippen LogP contribution is -1.88. The van der Waals surface area contributed by atoms with E-state index in [1.807, 2.05) is 6.92 Å². The van der Waals surface area contributed by atoms with Crippen molar-refractivity contribution in [3.05, 3.63) is 0 Å². The van der Waals surface area contributed by atoms with Gasteiger partial charge in [0, 0.05) is 6.16 Å². The van der Waals surface area contributed by atoms with Gasteiger partial charge in [-0.15, -0.1) is 0 Å². The van der Waals surface area contributed by atoms with E-state index >= 15 is 0 Å². The van der Waals surface area contributed by atoms with Crippen molar-refractivity contribution in [2.75, 3.05) is 12.8 Å². The Kier molecular flexibility index (Phi) is 6.72. The topological polar surface area (TPSA) is 29.5 Å². The Balaban J connectivity index is 2.95. The summed E-state index contributed by atoms with van der Waals surface area (Å²) in [5.41, 5.74) is 0. The van der Waals surface area contributed by atoms with Gasteiger partial charge in [0.15, 0.2) is 8.38 Å². The molecule has 1 atom stereocenters. The molecule has 0 radical (unpaired) electrons. The van der Waals surface area contributed by atoms with Crippen molar-refractivity contribution in [2.45, 2.75) is 26.7 Å². The van der Waals surface area contributed by atoms with Crippen molar-refractivity contribution >= 4 is 8.38 Å². The van der Waals surface area contributed by atoms with Crippen molar-refractivity contribution in [3.8, 4) is 0 Å². The van der Waals surface area contributed by atoms with Gasteiger partial charge in [-0.25, -0.2) is 0 Å². The smallest absolute Gasteiger partial charge is 0.167 e. The quantitative estimate of drug-likeness (QED) is 0.608. The third-order valence-corrected chi connectivity index (χ3v) is 2.24. The number of hydrogen-bond donors (Lipinski definition) is 1. The Morgan fingerprint density at radius 3 is 2.56 bits per heavy atom. The fourth-order valence-corrected chi connectivity index (χ4v) is 1.52. The Labute approximate surface area is 58.1 Å². The van der Waals surface area contributed by atoms with Crippen LogP contribution in [0.5, 0.6) is 0 Å². The van der Waals surface area contributed by atoms with Crippen LogP contribution in [0.4, 0.5) is 0 Å². The van der Waals surface area contributed by atoms with Crippen LogP contribution in [0.1, 0.15) is 26.7 Å². The second-order valence-electron chi connectivity index (χ2n) is 1.85. The standard InChI is InChI=1S/C6H15O2P/c1-3-5-6-9(7)8-4-2/h7H,3-6H2,1-2H3. The van der Waals surface area contributed by atoms with E-state index in [0.29, 0.717) is 6.61 Å². The van der Waals surface area contributed by atoms with Gasteiger partial charge in [0.05, 0.1) is 6.61 Å². The maximum atomic E-state index is 9.02. The van der Waals surface area contributed by atoms with Crippen LogP contribution in [-0.4, -0.2) is 17.7 Å². The molecule has 0 bridgehead atoms. The predicted molar refractivity (Wildman–Crippen MR) is 40.5 cm³/mol. The zero-order valence-corrected chi connectivity index (χ0v) is 7.03. The van der Waals surface area contributed by atoms with Gasteiger partial charge in [0.1, 0.15) is 0 Å². The van der Waals surface area contributed by atoms with E-state index in [2.05, 4.69) is 6.92 Å². The van der Waals surface area contributed by atoms with E-state index in [1.54, 1.807) is 0 Å². The minimum Gasteiger partial charge on any atom is -0.350 e. The summed E-state index contributed by atoms with van der Waals surface area (Å²) in [5, 5.41) is 0. The Morgan fingerprint density at radius 2 is 2.11 bits per heavy atom. The molecule has 0 saturated heterocycles. The monoisotopic (exact) mass is 150 g/mol. The van der Waals surface area contributed by atoms with Crippen molar-refractivity contribution < 1.29 is 9.42 Å². The lowest BCUT2D eigenvalue weighted by atomic mass is 10.4. The van der Waals surface area contributed by atoms with E-state index in [0.717, 1.165) is 19.0 Å². The molecule has 0 aliphatic rings. The van der Waals surface area contributed by atoms with Gasteiger partial charge in [-0.3, -0.25) is 0 Å². The minimum atomic E-state index is -1.09. The Hall–Kier alpha value is 0.350. The zero-order chi connectivity index (χ0) is 7.11. The highest BCUT2D eigenvalue weighted by Gasteiger charge is 2.00. The van der Waals surface area contributed by atoms with Crippen LogP contribution in [0.3, 0.4) is 0 Å². The molecule has 0 fully saturated rings. The summed E-state index contributed by atoms with van der Waals surface area (Å²) in [7, 11) is -1.09. The Bertz CT molecular complexity index is 59.0. The van der Waals surface area contributed by atoms with Gasteiger partial charge in [0.2, 0.25) is 0 Å². The predicted octanol–water partition coefficient (Wildman–Crippen LogP) is 2.13. The van der Waals surface area contributed by atoms with E-state index in [4.69, 9.17) is 9.42 Å². The number of unbranched alkanes of at least 4 members (excludes halogenated alkanes) is 1. The second kappa shape index (κ2) is 6.47. The molecule has 0 saturated carbocycles. The maximum Gasteiger partial charge on any atom is 0.167 e. The first-order chi connectivity index (χ1) is 4.31. The third kappa shape index (κ3) is 6.23. The van der Waals surface area contributed by atoms with Gasteiger partial charge in [-0.2, -0.15) is 0 Å². The summed E-state index contributed by atoms with van der Waals surface area (Å²) in [5.74, 6) is 0. The van der Waals surface area contributed by atoms with Gasteiger partial charge in [-0.05, 0) is 13.3 Å². The zero-order valence-electron chi connectivity index (χ0n) is 6.13. The summed E-state index contributed by atoms with van der Waals surface area (Å²) in [4.78, 5) is 9.02. The normalized spacial score (nSPS) is 13.7. The molecule has 0 spiro atoms. The molecule has 0 amide bonds. The van der Waals surface area contributed by atoms with E-state index in [-0.39, 0.29) is 0 Å². The first-order valence-electron chi connectivity index (χ1n) is 3.40. The van der Waals surface area contributed by atoms with Gasteiger partial charge >= 0.3 is 0 Å². The highest BCUT2D eigenvalue weighted by Crippen LogP contribution is 2.31.